The zero-order valence-corrected chi connectivity index (χ0v) is 10.9. The highest BCUT2D eigenvalue weighted by molar-refractivity contribution is 5.79. The first-order valence-corrected chi connectivity index (χ1v) is 5.48. The lowest BCUT2D eigenvalue weighted by atomic mass is 10.2. The summed E-state index contributed by atoms with van der Waals surface area (Å²) in [6, 6.07) is -1.15. The topological polar surface area (TPSA) is 162 Å². The van der Waals surface area contributed by atoms with E-state index in [0.29, 0.717) is 0 Å². The van der Waals surface area contributed by atoms with Crippen LogP contribution in [0, 0.1) is 0 Å². The predicted octanol–water partition coefficient (Wildman–Crippen LogP) is -2.56. The number of carbonyl (C=O) groups is 2. The number of aliphatic hydroxyl groups is 2. The molecule has 0 spiro atoms. The van der Waals surface area contributed by atoms with Crippen LogP contribution in [0.25, 0.3) is 0 Å². The van der Waals surface area contributed by atoms with Crippen LogP contribution in [-0.2, 0) is 14.3 Å². The number of rotatable bonds is 5. The Balaban J connectivity index is 0. The number of hydrogen-bond acceptors (Lipinski definition) is 7. The second-order valence-corrected chi connectivity index (χ2v) is 3.76. The lowest BCUT2D eigenvalue weighted by Gasteiger charge is -2.11. The summed E-state index contributed by atoms with van der Waals surface area (Å²) in [5.74, 6) is -1.43. The van der Waals surface area contributed by atoms with Crippen molar-refractivity contribution in [2.75, 3.05) is 6.61 Å². The Bertz CT molecular complexity index is 258. The molecule has 108 valence electrons. The molecular weight excluding hydrogens is 242 g/mol. The lowest BCUT2D eigenvalue weighted by molar-refractivity contribution is -0.153. The highest BCUT2D eigenvalue weighted by Gasteiger charge is 2.19. The molecule has 18 heavy (non-hydrogen) atoms. The number of hydrogen-bond donors (Lipinski definition) is 5. The Morgan fingerprint density at radius 3 is 1.67 bits per heavy atom. The van der Waals surface area contributed by atoms with Crippen molar-refractivity contribution in [1.82, 2.24) is 0 Å². The van der Waals surface area contributed by atoms with Crippen LogP contribution in [0.4, 0.5) is 0 Å². The highest BCUT2D eigenvalue weighted by atomic mass is 16.5. The van der Waals surface area contributed by atoms with Crippen LogP contribution >= 0.6 is 0 Å². The number of ether oxygens (including phenoxy) is 1. The van der Waals surface area contributed by atoms with Crippen LogP contribution < -0.4 is 17.2 Å². The van der Waals surface area contributed by atoms with Gasteiger partial charge in [-0.1, -0.05) is 0 Å². The van der Waals surface area contributed by atoms with E-state index in [4.69, 9.17) is 21.7 Å². The summed E-state index contributed by atoms with van der Waals surface area (Å²) in [4.78, 5) is 20.7. The fourth-order valence-electron chi connectivity index (χ4n) is 0.701. The van der Waals surface area contributed by atoms with Gasteiger partial charge in [-0.15, -0.1) is 0 Å². The summed E-state index contributed by atoms with van der Waals surface area (Å²) < 4.78 is 4.50. The predicted molar refractivity (Wildman–Crippen MR) is 65.1 cm³/mol. The molecule has 0 aromatic carbocycles. The number of aliphatic hydroxyl groups excluding tert-OH is 2. The number of carbonyl (C=O) groups excluding carboxylic acids is 2. The molecular formula is C10H23N3O5. The van der Waals surface area contributed by atoms with E-state index >= 15 is 0 Å². The average Bonchev–Trinajstić information content (AvgIpc) is 2.27. The van der Waals surface area contributed by atoms with E-state index in [9.17, 15) is 9.59 Å². The average molecular weight is 265 g/mol. The van der Waals surface area contributed by atoms with Crippen molar-refractivity contribution < 1.29 is 24.5 Å². The zero-order valence-electron chi connectivity index (χ0n) is 10.9. The molecule has 8 N–H and O–H groups in total. The summed E-state index contributed by atoms with van der Waals surface area (Å²) in [6.07, 6.45) is -2.41. The minimum Gasteiger partial charge on any atom is -0.464 e. The molecule has 4 unspecified atom stereocenters. The quantitative estimate of drug-likeness (QED) is 0.341. The van der Waals surface area contributed by atoms with Gasteiger partial charge in [-0.25, -0.2) is 4.79 Å². The summed E-state index contributed by atoms with van der Waals surface area (Å²) in [6.45, 7) is 4.99. The van der Waals surface area contributed by atoms with Gasteiger partial charge >= 0.3 is 5.97 Å². The maximum Gasteiger partial charge on any atom is 0.336 e. The minimum absolute atomic E-state index is 0.266. The molecule has 0 fully saturated rings. The van der Waals surface area contributed by atoms with Gasteiger partial charge in [0.05, 0.1) is 6.61 Å². The van der Waals surface area contributed by atoms with Gasteiger partial charge in [0.15, 0.2) is 6.10 Å². The molecule has 0 heterocycles. The molecule has 0 saturated carbocycles. The second-order valence-electron chi connectivity index (χ2n) is 3.76. The fourth-order valence-corrected chi connectivity index (χ4v) is 0.701. The van der Waals surface area contributed by atoms with E-state index < -0.39 is 36.2 Å². The molecule has 0 bridgehead atoms. The molecule has 0 aromatic rings. The molecule has 0 rings (SSSR count). The highest BCUT2D eigenvalue weighted by Crippen LogP contribution is 1.92. The van der Waals surface area contributed by atoms with Crippen molar-refractivity contribution in [2.45, 2.75) is 45.1 Å². The van der Waals surface area contributed by atoms with Gasteiger partial charge in [-0.3, -0.25) is 4.79 Å². The molecule has 8 heteroatoms. The van der Waals surface area contributed by atoms with Crippen molar-refractivity contribution in [1.29, 1.82) is 0 Å². The maximum absolute atomic E-state index is 10.6. The number of amides is 1. The Labute approximate surface area is 106 Å². The maximum atomic E-state index is 10.6. The molecule has 4 atom stereocenters. The Morgan fingerprint density at radius 1 is 1.11 bits per heavy atom. The van der Waals surface area contributed by atoms with Gasteiger partial charge in [-0.05, 0) is 20.8 Å². The molecule has 0 aromatic heterocycles. The standard InChI is InChI=1S/C6H13NO3.C4H10N2O2/c1-3-10-6(9)5(8)4(2)7;1-2(5)3(7)4(6)8/h4-5,8H,3,7H2,1-2H3;2-3,7H,5H2,1H3,(H2,6,8). The second kappa shape index (κ2) is 9.77. The van der Waals surface area contributed by atoms with E-state index in [1.165, 1.54) is 6.92 Å². The molecule has 0 radical (unpaired) electrons. The van der Waals surface area contributed by atoms with E-state index in [1.54, 1.807) is 13.8 Å². The monoisotopic (exact) mass is 265 g/mol. The largest absolute Gasteiger partial charge is 0.464 e. The molecule has 8 nitrogen and oxygen atoms in total. The first-order chi connectivity index (χ1) is 8.14. The number of esters is 1. The summed E-state index contributed by atoms with van der Waals surface area (Å²) in [7, 11) is 0. The van der Waals surface area contributed by atoms with Crippen LogP contribution in [-0.4, -0.2) is 53.0 Å². The Hall–Kier alpha value is -1.22. The van der Waals surface area contributed by atoms with Crippen LogP contribution in [0.3, 0.4) is 0 Å². The number of nitrogens with two attached hydrogens (primary N) is 3. The Kier molecular flexibility index (Phi) is 10.4. The smallest absolute Gasteiger partial charge is 0.336 e. The van der Waals surface area contributed by atoms with Gasteiger partial charge in [0.1, 0.15) is 6.10 Å². The van der Waals surface area contributed by atoms with Gasteiger partial charge in [0.25, 0.3) is 0 Å². The van der Waals surface area contributed by atoms with Crippen LogP contribution in [0.5, 0.6) is 0 Å². The summed E-state index contributed by atoms with van der Waals surface area (Å²) >= 11 is 0. The van der Waals surface area contributed by atoms with Crippen LogP contribution in [0.15, 0.2) is 0 Å². The van der Waals surface area contributed by atoms with E-state index in [1.807, 2.05) is 0 Å². The molecule has 0 aliphatic heterocycles. The van der Waals surface area contributed by atoms with Crippen molar-refractivity contribution in [3.05, 3.63) is 0 Å². The zero-order chi connectivity index (χ0) is 14.9. The van der Waals surface area contributed by atoms with E-state index in [-0.39, 0.29) is 6.61 Å². The lowest BCUT2D eigenvalue weighted by Crippen LogP contribution is -2.41. The summed E-state index contributed by atoms with van der Waals surface area (Å²) in [5.41, 5.74) is 15.0. The van der Waals surface area contributed by atoms with Crippen LogP contribution in [0.1, 0.15) is 20.8 Å². The van der Waals surface area contributed by atoms with Crippen molar-refractivity contribution in [3.63, 3.8) is 0 Å². The van der Waals surface area contributed by atoms with Crippen molar-refractivity contribution in [3.8, 4) is 0 Å². The first-order valence-electron chi connectivity index (χ1n) is 5.48. The third-order valence-corrected chi connectivity index (χ3v) is 1.82. The van der Waals surface area contributed by atoms with E-state index in [0.717, 1.165) is 0 Å². The molecule has 1 amide bonds. The third-order valence-electron chi connectivity index (χ3n) is 1.82. The third kappa shape index (κ3) is 8.88. The molecule has 0 saturated heterocycles. The molecule has 0 aliphatic rings. The first kappa shape index (κ1) is 19.1. The van der Waals surface area contributed by atoms with Crippen LogP contribution in [0.2, 0.25) is 0 Å². The SMILES string of the molecule is CC(N)C(O)C(N)=O.CCOC(=O)C(O)C(C)N. The van der Waals surface area contributed by atoms with Gasteiger partial charge in [0.2, 0.25) is 5.91 Å². The molecule has 0 aliphatic carbocycles. The minimum atomic E-state index is -1.21. The van der Waals surface area contributed by atoms with Gasteiger partial charge in [-0.2, -0.15) is 0 Å². The van der Waals surface area contributed by atoms with E-state index in [2.05, 4.69) is 10.5 Å². The summed E-state index contributed by atoms with van der Waals surface area (Å²) in [5, 5.41) is 17.5. The van der Waals surface area contributed by atoms with Gasteiger partial charge in [0, 0.05) is 12.1 Å². The van der Waals surface area contributed by atoms with Crippen molar-refractivity contribution >= 4 is 11.9 Å². The fraction of sp³-hybridized carbons (Fsp3) is 0.800. The normalized spacial score (nSPS) is 16.6. The van der Waals surface area contributed by atoms with Gasteiger partial charge < -0.3 is 32.2 Å². The van der Waals surface area contributed by atoms with Crippen molar-refractivity contribution in [2.24, 2.45) is 17.2 Å². The Morgan fingerprint density at radius 2 is 1.50 bits per heavy atom. The number of primary amides is 1.